The first kappa shape index (κ1) is 19.5. The SMILES string of the molecule is Cc1ccc2nc(NC(=O)c3csc(Nc4ccc(S(C)(=O)=O)cc4)n3)sc2c1. The quantitative estimate of drug-likeness (QED) is 0.471. The summed E-state index contributed by atoms with van der Waals surface area (Å²) in [6, 6.07) is 12.3. The van der Waals surface area contributed by atoms with Gasteiger partial charge in [0.1, 0.15) is 5.69 Å². The monoisotopic (exact) mass is 444 g/mol. The minimum absolute atomic E-state index is 0.244. The second-order valence-corrected chi connectivity index (χ2v) is 10.3. The predicted molar refractivity (Wildman–Crippen MR) is 117 cm³/mol. The average molecular weight is 445 g/mol. The van der Waals surface area contributed by atoms with Crippen LogP contribution >= 0.6 is 22.7 Å². The highest BCUT2D eigenvalue weighted by molar-refractivity contribution is 7.90. The van der Waals surface area contributed by atoms with Gasteiger partial charge in [0, 0.05) is 17.3 Å². The first-order chi connectivity index (χ1) is 13.8. The van der Waals surface area contributed by atoms with Crippen LogP contribution in [0.5, 0.6) is 0 Å². The van der Waals surface area contributed by atoms with Crippen molar-refractivity contribution in [3.05, 3.63) is 59.1 Å². The van der Waals surface area contributed by atoms with Gasteiger partial charge in [-0.3, -0.25) is 10.1 Å². The number of rotatable bonds is 5. The Morgan fingerprint density at radius 3 is 2.52 bits per heavy atom. The van der Waals surface area contributed by atoms with Gasteiger partial charge in [0.2, 0.25) is 0 Å². The molecule has 10 heteroatoms. The highest BCUT2D eigenvalue weighted by atomic mass is 32.2. The predicted octanol–water partition coefficient (Wildman–Crippen LogP) is 4.46. The number of hydrogen-bond acceptors (Lipinski definition) is 8. The van der Waals surface area contributed by atoms with Crippen LogP contribution in [-0.4, -0.2) is 30.5 Å². The summed E-state index contributed by atoms with van der Waals surface area (Å²) in [7, 11) is -3.24. The van der Waals surface area contributed by atoms with Gasteiger partial charge in [0.25, 0.3) is 5.91 Å². The third-order valence-corrected chi connectivity index (χ3v) is 6.85. The van der Waals surface area contributed by atoms with Crippen molar-refractivity contribution in [1.29, 1.82) is 0 Å². The van der Waals surface area contributed by atoms with Gasteiger partial charge in [-0.15, -0.1) is 11.3 Å². The summed E-state index contributed by atoms with van der Waals surface area (Å²) in [6.45, 7) is 2.01. The molecule has 2 N–H and O–H groups in total. The number of amides is 1. The molecule has 0 aliphatic heterocycles. The number of carbonyl (C=O) groups excluding carboxylic acids is 1. The Hall–Kier alpha value is -2.82. The van der Waals surface area contributed by atoms with E-state index >= 15 is 0 Å². The van der Waals surface area contributed by atoms with Crippen LogP contribution in [0.4, 0.5) is 16.0 Å². The fourth-order valence-electron chi connectivity index (χ4n) is 2.59. The highest BCUT2D eigenvalue weighted by Crippen LogP contribution is 2.28. The zero-order valence-electron chi connectivity index (χ0n) is 15.5. The van der Waals surface area contributed by atoms with Gasteiger partial charge in [-0.05, 0) is 48.9 Å². The molecular formula is C19H16N4O3S3. The maximum Gasteiger partial charge on any atom is 0.276 e. The molecule has 2 aromatic carbocycles. The lowest BCUT2D eigenvalue weighted by molar-refractivity contribution is 0.102. The molecule has 0 aliphatic carbocycles. The first-order valence-corrected chi connectivity index (χ1v) is 12.1. The van der Waals surface area contributed by atoms with Gasteiger partial charge >= 0.3 is 0 Å². The third-order valence-electron chi connectivity index (χ3n) is 4.03. The lowest BCUT2D eigenvalue weighted by Crippen LogP contribution is -2.12. The Balaban J connectivity index is 1.45. The standard InChI is InChI=1S/C19H16N4O3S3/c1-11-3-8-14-16(9-11)28-19(21-14)23-17(24)15-10-27-18(22-15)20-12-4-6-13(7-5-12)29(2,25)26/h3-10H,1-2H3,(H,20,22)(H,21,23,24). The Morgan fingerprint density at radius 2 is 1.79 bits per heavy atom. The van der Waals surface area contributed by atoms with Crippen LogP contribution in [0.25, 0.3) is 10.2 Å². The van der Waals surface area contributed by atoms with Crippen molar-refractivity contribution in [3.63, 3.8) is 0 Å². The number of fused-ring (bicyclic) bond motifs is 1. The van der Waals surface area contributed by atoms with E-state index in [1.165, 1.54) is 34.8 Å². The van der Waals surface area contributed by atoms with E-state index in [0.717, 1.165) is 22.0 Å². The van der Waals surface area contributed by atoms with Crippen molar-refractivity contribution in [2.24, 2.45) is 0 Å². The number of aryl methyl sites for hydroxylation is 1. The molecule has 148 valence electrons. The van der Waals surface area contributed by atoms with Gasteiger partial charge in [-0.25, -0.2) is 18.4 Å². The molecule has 0 spiro atoms. The van der Waals surface area contributed by atoms with Crippen molar-refractivity contribution in [1.82, 2.24) is 9.97 Å². The zero-order chi connectivity index (χ0) is 20.6. The normalized spacial score (nSPS) is 11.5. The molecule has 7 nitrogen and oxygen atoms in total. The summed E-state index contributed by atoms with van der Waals surface area (Å²) >= 11 is 2.70. The van der Waals surface area contributed by atoms with Crippen LogP contribution in [-0.2, 0) is 9.84 Å². The molecule has 4 rings (SSSR count). The van der Waals surface area contributed by atoms with E-state index in [0.29, 0.717) is 16.0 Å². The Labute approximate surface area is 175 Å². The van der Waals surface area contributed by atoms with Crippen molar-refractivity contribution in [2.45, 2.75) is 11.8 Å². The topological polar surface area (TPSA) is 101 Å². The summed E-state index contributed by atoms with van der Waals surface area (Å²) in [5.74, 6) is -0.336. The van der Waals surface area contributed by atoms with Crippen LogP contribution in [0, 0.1) is 6.92 Å². The number of thiazole rings is 2. The highest BCUT2D eigenvalue weighted by Gasteiger charge is 2.14. The number of benzene rings is 2. The number of anilines is 3. The van der Waals surface area contributed by atoms with Crippen molar-refractivity contribution in [3.8, 4) is 0 Å². The van der Waals surface area contributed by atoms with Crippen LogP contribution < -0.4 is 10.6 Å². The zero-order valence-corrected chi connectivity index (χ0v) is 17.9. The summed E-state index contributed by atoms with van der Waals surface area (Å²) in [5.41, 5.74) is 2.94. The molecule has 2 heterocycles. The largest absolute Gasteiger partial charge is 0.332 e. The summed E-state index contributed by atoms with van der Waals surface area (Å²) in [4.78, 5) is 21.4. The Morgan fingerprint density at radius 1 is 1.03 bits per heavy atom. The second kappa shape index (κ2) is 7.54. The smallest absolute Gasteiger partial charge is 0.276 e. The third kappa shape index (κ3) is 4.44. The number of sulfone groups is 1. The molecule has 0 radical (unpaired) electrons. The van der Waals surface area contributed by atoms with Crippen molar-refractivity contribution >= 4 is 64.6 Å². The van der Waals surface area contributed by atoms with E-state index < -0.39 is 9.84 Å². The molecule has 0 bridgehead atoms. The molecule has 0 saturated heterocycles. The molecule has 2 aromatic heterocycles. The van der Waals surface area contributed by atoms with E-state index in [2.05, 4.69) is 20.6 Å². The van der Waals surface area contributed by atoms with E-state index in [1.807, 2.05) is 25.1 Å². The Kier molecular flexibility index (Phi) is 5.07. The number of nitrogens with zero attached hydrogens (tertiary/aromatic N) is 2. The molecule has 0 unspecified atom stereocenters. The number of carbonyl (C=O) groups is 1. The van der Waals surface area contributed by atoms with Gasteiger partial charge in [0.05, 0.1) is 15.1 Å². The number of nitrogens with one attached hydrogen (secondary N) is 2. The van der Waals surface area contributed by atoms with E-state index in [-0.39, 0.29) is 16.5 Å². The minimum Gasteiger partial charge on any atom is -0.332 e. The minimum atomic E-state index is -3.24. The molecule has 0 aliphatic rings. The molecule has 0 saturated carbocycles. The van der Waals surface area contributed by atoms with Crippen molar-refractivity contribution in [2.75, 3.05) is 16.9 Å². The second-order valence-electron chi connectivity index (χ2n) is 6.40. The van der Waals surface area contributed by atoms with E-state index in [4.69, 9.17) is 0 Å². The van der Waals surface area contributed by atoms with Gasteiger partial charge < -0.3 is 5.32 Å². The van der Waals surface area contributed by atoms with E-state index in [9.17, 15) is 13.2 Å². The van der Waals surface area contributed by atoms with E-state index in [1.54, 1.807) is 17.5 Å². The summed E-state index contributed by atoms with van der Waals surface area (Å²) in [6.07, 6.45) is 1.16. The van der Waals surface area contributed by atoms with Crippen LogP contribution in [0.15, 0.2) is 52.7 Å². The Bertz CT molecular complexity index is 1310. The lowest BCUT2D eigenvalue weighted by Gasteiger charge is -2.03. The van der Waals surface area contributed by atoms with Gasteiger partial charge in [-0.2, -0.15) is 0 Å². The first-order valence-electron chi connectivity index (χ1n) is 8.49. The van der Waals surface area contributed by atoms with Crippen LogP contribution in [0.3, 0.4) is 0 Å². The fourth-order valence-corrected chi connectivity index (χ4v) is 4.89. The fraction of sp³-hybridized carbons (Fsp3) is 0.105. The average Bonchev–Trinajstić information content (AvgIpc) is 3.27. The molecule has 1 amide bonds. The summed E-state index contributed by atoms with van der Waals surface area (Å²) in [5, 5.41) is 8.56. The summed E-state index contributed by atoms with van der Waals surface area (Å²) < 4.78 is 24.1. The van der Waals surface area contributed by atoms with Crippen LogP contribution in [0.2, 0.25) is 0 Å². The van der Waals surface area contributed by atoms with Crippen molar-refractivity contribution < 1.29 is 13.2 Å². The maximum absolute atomic E-state index is 12.5. The molecule has 0 atom stereocenters. The van der Waals surface area contributed by atoms with Gasteiger partial charge in [-0.1, -0.05) is 17.4 Å². The van der Waals surface area contributed by atoms with Crippen LogP contribution in [0.1, 0.15) is 16.1 Å². The lowest BCUT2D eigenvalue weighted by atomic mass is 10.2. The molecular weight excluding hydrogens is 428 g/mol. The number of aromatic nitrogens is 2. The number of hydrogen-bond donors (Lipinski definition) is 2. The molecule has 29 heavy (non-hydrogen) atoms. The molecule has 0 fully saturated rings. The van der Waals surface area contributed by atoms with Gasteiger partial charge in [0.15, 0.2) is 20.1 Å². The molecule has 4 aromatic rings. The maximum atomic E-state index is 12.5.